The van der Waals surface area contributed by atoms with E-state index in [0.717, 1.165) is 17.8 Å². The van der Waals surface area contributed by atoms with E-state index in [1.54, 1.807) is 9.80 Å². The molecule has 176 valence electrons. The lowest BCUT2D eigenvalue weighted by atomic mass is 10.1. The van der Waals surface area contributed by atoms with Crippen molar-refractivity contribution in [2.24, 2.45) is 16.6 Å². The third kappa shape index (κ3) is 6.59. The number of aliphatic imine (C=N–C) groups is 1. The highest BCUT2D eigenvalue weighted by Crippen LogP contribution is 2.29. The Labute approximate surface area is 189 Å². The summed E-state index contributed by atoms with van der Waals surface area (Å²) in [6.45, 7) is 2.02. The van der Waals surface area contributed by atoms with Crippen LogP contribution in [0.25, 0.3) is 0 Å². The molecule has 1 saturated carbocycles. The van der Waals surface area contributed by atoms with Crippen LogP contribution in [-0.2, 0) is 20.9 Å². The molecule has 0 atom stereocenters. The number of guanidine groups is 1. The van der Waals surface area contributed by atoms with Gasteiger partial charge in [0.1, 0.15) is 12.3 Å². The van der Waals surface area contributed by atoms with E-state index in [4.69, 9.17) is 15.2 Å². The maximum Gasteiger partial charge on any atom is 0.325 e. The maximum atomic E-state index is 12.6. The first-order chi connectivity index (χ1) is 15.5. The van der Waals surface area contributed by atoms with Gasteiger partial charge in [0.05, 0.1) is 26.0 Å². The summed E-state index contributed by atoms with van der Waals surface area (Å²) in [7, 11) is 1.34. The molecule has 32 heavy (non-hydrogen) atoms. The number of carbonyl (C=O) groups excluding carboxylic acids is 2. The van der Waals surface area contributed by atoms with E-state index in [2.05, 4.69) is 4.99 Å². The number of methoxy groups -OCH3 is 1. The first-order valence-corrected chi connectivity index (χ1v) is 11.3. The standard InChI is InChI=1S/C23H34N4O5/c1-31-22(30)16-27-15-18-13-19(8-9-20(18)25-23(27)24)32-12-4-7-21(29)26(10-11-28)14-17-5-2-3-6-17/h8-9,13,17,28H,2-7,10-12,14-16H2,1H3,(H2,24,25). The molecule has 0 unspecified atom stereocenters. The zero-order valence-electron chi connectivity index (χ0n) is 18.8. The maximum absolute atomic E-state index is 12.6. The summed E-state index contributed by atoms with van der Waals surface area (Å²) >= 11 is 0. The summed E-state index contributed by atoms with van der Waals surface area (Å²) in [6, 6.07) is 5.55. The zero-order chi connectivity index (χ0) is 22.9. The number of ether oxygens (including phenoxy) is 2. The average molecular weight is 447 g/mol. The Bertz CT molecular complexity index is 823. The predicted molar refractivity (Wildman–Crippen MR) is 121 cm³/mol. The lowest BCUT2D eigenvalue weighted by molar-refractivity contribution is -0.141. The summed E-state index contributed by atoms with van der Waals surface area (Å²) in [6.07, 6.45) is 5.80. The van der Waals surface area contributed by atoms with E-state index in [1.807, 2.05) is 18.2 Å². The van der Waals surface area contributed by atoms with E-state index < -0.39 is 0 Å². The molecule has 1 heterocycles. The number of aliphatic hydroxyl groups is 1. The van der Waals surface area contributed by atoms with Gasteiger partial charge in [-0.1, -0.05) is 12.8 Å². The topological polar surface area (TPSA) is 118 Å². The predicted octanol–water partition coefficient (Wildman–Crippen LogP) is 1.79. The molecule has 1 fully saturated rings. The molecule has 2 aliphatic rings. The van der Waals surface area contributed by atoms with Gasteiger partial charge in [0.25, 0.3) is 0 Å². The van der Waals surface area contributed by atoms with E-state index in [-0.39, 0.29) is 31.0 Å². The molecular weight excluding hydrogens is 412 g/mol. The molecule has 3 rings (SSSR count). The van der Waals surface area contributed by atoms with Crippen molar-refractivity contribution in [3.05, 3.63) is 23.8 Å². The Hall–Kier alpha value is -2.81. The fraction of sp³-hybridized carbons (Fsp3) is 0.609. The highest BCUT2D eigenvalue weighted by atomic mass is 16.5. The van der Waals surface area contributed by atoms with Gasteiger partial charge in [-0.3, -0.25) is 9.59 Å². The minimum absolute atomic E-state index is 0.00984. The number of fused-ring (bicyclic) bond motifs is 1. The second kappa shape index (κ2) is 11.7. The van der Waals surface area contributed by atoms with Crippen molar-refractivity contribution < 1.29 is 24.2 Å². The lowest BCUT2D eigenvalue weighted by Gasteiger charge is -2.27. The van der Waals surface area contributed by atoms with Crippen LogP contribution < -0.4 is 10.5 Å². The summed E-state index contributed by atoms with van der Waals surface area (Å²) in [5.41, 5.74) is 7.60. The molecule has 1 amide bonds. The number of esters is 1. The molecular formula is C23H34N4O5. The van der Waals surface area contributed by atoms with Crippen LogP contribution in [0.15, 0.2) is 23.2 Å². The fourth-order valence-corrected chi connectivity index (χ4v) is 4.24. The highest BCUT2D eigenvalue weighted by Gasteiger charge is 2.22. The monoisotopic (exact) mass is 446 g/mol. The molecule has 1 aromatic carbocycles. The molecule has 0 radical (unpaired) electrons. The normalized spacial score (nSPS) is 15.8. The number of benzene rings is 1. The van der Waals surface area contributed by atoms with Gasteiger partial charge in [-0.25, -0.2) is 4.99 Å². The Morgan fingerprint density at radius 3 is 2.81 bits per heavy atom. The Balaban J connectivity index is 1.47. The molecule has 1 aliphatic heterocycles. The minimum Gasteiger partial charge on any atom is -0.494 e. The van der Waals surface area contributed by atoms with Crippen LogP contribution in [0.5, 0.6) is 5.75 Å². The molecule has 0 bridgehead atoms. The van der Waals surface area contributed by atoms with Crippen LogP contribution in [0.4, 0.5) is 5.69 Å². The van der Waals surface area contributed by atoms with Gasteiger partial charge < -0.3 is 30.1 Å². The SMILES string of the molecule is COC(=O)CN1Cc2cc(OCCCC(=O)N(CCO)CC3CCCC3)ccc2N=C1N. The second-order valence-electron chi connectivity index (χ2n) is 8.36. The molecule has 1 aliphatic carbocycles. The summed E-state index contributed by atoms with van der Waals surface area (Å²) in [5.74, 6) is 1.21. The van der Waals surface area contributed by atoms with Crippen LogP contribution in [0.1, 0.15) is 44.1 Å². The van der Waals surface area contributed by atoms with Crippen molar-refractivity contribution in [3.63, 3.8) is 0 Å². The number of rotatable bonds is 11. The van der Waals surface area contributed by atoms with Crippen LogP contribution in [-0.4, -0.2) is 72.7 Å². The Kier molecular flexibility index (Phi) is 8.72. The first-order valence-electron chi connectivity index (χ1n) is 11.3. The molecule has 9 heteroatoms. The van der Waals surface area contributed by atoms with E-state index in [9.17, 15) is 14.7 Å². The summed E-state index contributed by atoms with van der Waals surface area (Å²) in [4.78, 5) is 32.0. The number of amides is 1. The smallest absolute Gasteiger partial charge is 0.325 e. The third-order valence-electron chi connectivity index (χ3n) is 6.00. The van der Waals surface area contributed by atoms with Crippen molar-refractivity contribution in [3.8, 4) is 5.75 Å². The van der Waals surface area contributed by atoms with E-state index >= 15 is 0 Å². The first kappa shape index (κ1) is 23.8. The number of nitrogens with two attached hydrogens (primary N) is 1. The van der Waals surface area contributed by atoms with Crippen molar-refractivity contribution in [1.29, 1.82) is 0 Å². The number of nitrogens with zero attached hydrogens (tertiary/aromatic N) is 3. The second-order valence-corrected chi connectivity index (χ2v) is 8.36. The summed E-state index contributed by atoms with van der Waals surface area (Å²) < 4.78 is 10.6. The molecule has 3 N–H and O–H groups in total. The summed E-state index contributed by atoms with van der Waals surface area (Å²) in [5, 5.41) is 9.31. The van der Waals surface area contributed by atoms with Crippen LogP contribution in [0, 0.1) is 5.92 Å². The molecule has 9 nitrogen and oxygen atoms in total. The molecule has 0 spiro atoms. The molecule has 1 aromatic rings. The number of carbonyl (C=O) groups is 2. The minimum atomic E-state index is -0.383. The van der Waals surface area contributed by atoms with Gasteiger partial charge in [-0.15, -0.1) is 0 Å². The van der Waals surface area contributed by atoms with E-state index in [0.29, 0.717) is 44.2 Å². The Morgan fingerprint density at radius 2 is 2.09 bits per heavy atom. The van der Waals surface area contributed by atoms with Crippen molar-refractivity contribution >= 4 is 23.5 Å². The fourth-order valence-electron chi connectivity index (χ4n) is 4.24. The van der Waals surface area contributed by atoms with Crippen molar-refractivity contribution in [1.82, 2.24) is 9.80 Å². The van der Waals surface area contributed by atoms with Gasteiger partial charge in [0, 0.05) is 31.6 Å². The van der Waals surface area contributed by atoms with Gasteiger partial charge in [-0.2, -0.15) is 0 Å². The van der Waals surface area contributed by atoms with Crippen molar-refractivity contribution in [2.45, 2.75) is 45.1 Å². The lowest BCUT2D eigenvalue weighted by Crippen LogP contribution is -2.42. The largest absolute Gasteiger partial charge is 0.494 e. The third-order valence-corrected chi connectivity index (χ3v) is 6.00. The number of hydrogen-bond donors (Lipinski definition) is 2. The van der Waals surface area contributed by atoms with Crippen LogP contribution >= 0.6 is 0 Å². The van der Waals surface area contributed by atoms with Crippen LogP contribution in [0.2, 0.25) is 0 Å². The van der Waals surface area contributed by atoms with E-state index in [1.165, 1.54) is 32.8 Å². The zero-order valence-corrected chi connectivity index (χ0v) is 18.8. The Morgan fingerprint density at radius 1 is 1.31 bits per heavy atom. The van der Waals surface area contributed by atoms with Crippen molar-refractivity contribution in [2.75, 3.05) is 40.0 Å². The van der Waals surface area contributed by atoms with Gasteiger partial charge in [-0.05, 0) is 43.4 Å². The molecule has 0 aromatic heterocycles. The number of aliphatic hydroxyl groups excluding tert-OH is 1. The highest BCUT2D eigenvalue weighted by molar-refractivity contribution is 5.87. The molecule has 0 saturated heterocycles. The van der Waals surface area contributed by atoms with Crippen LogP contribution in [0.3, 0.4) is 0 Å². The van der Waals surface area contributed by atoms with Gasteiger partial charge in [0.15, 0.2) is 5.96 Å². The van der Waals surface area contributed by atoms with Gasteiger partial charge in [0.2, 0.25) is 5.91 Å². The average Bonchev–Trinajstić information content (AvgIpc) is 3.30. The quantitative estimate of drug-likeness (QED) is 0.393. The number of hydrogen-bond acceptors (Lipinski definition) is 8. The van der Waals surface area contributed by atoms with Gasteiger partial charge >= 0.3 is 5.97 Å².